The van der Waals surface area contributed by atoms with Gasteiger partial charge in [0.2, 0.25) is 0 Å². The van der Waals surface area contributed by atoms with E-state index in [1.165, 1.54) is 17.5 Å². The quantitative estimate of drug-likeness (QED) is 0.773. The summed E-state index contributed by atoms with van der Waals surface area (Å²) in [6.45, 7) is 9.96. The molecule has 1 nitrogen and oxygen atoms in total. The van der Waals surface area contributed by atoms with Crippen molar-refractivity contribution >= 4 is 0 Å². The smallest absolute Gasteiger partial charge is 0.0325 e. The number of benzene rings is 1. The molecular formula is C14H23N. The molecule has 0 aromatic heterocycles. The minimum Gasteiger partial charge on any atom is -0.310 e. The van der Waals surface area contributed by atoms with Crippen molar-refractivity contribution in [1.29, 1.82) is 0 Å². The van der Waals surface area contributed by atoms with E-state index in [4.69, 9.17) is 0 Å². The normalized spacial score (nSPS) is 13.1. The van der Waals surface area contributed by atoms with E-state index >= 15 is 0 Å². The Morgan fingerprint density at radius 2 is 1.87 bits per heavy atom. The Balaban J connectivity index is 2.83. The highest BCUT2D eigenvalue weighted by atomic mass is 14.9. The molecule has 0 saturated heterocycles. The van der Waals surface area contributed by atoms with Crippen molar-refractivity contribution in [3.05, 3.63) is 35.4 Å². The molecule has 0 amide bonds. The largest absolute Gasteiger partial charge is 0.310 e. The zero-order chi connectivity index (χ0) is 11.3. The van der Waals surface area contributed by atoms with Crippen LogP contribution in [0, 0.1) is 12.8 Å². The summed E-state index contributed by atoms with van der Waals surface area (Å²) < 4.78 is 0. The number of hydrogen-bond acceptors (Lipinski definition) is 1. The van der Waals surface area contributed by atoms with Crippen molar-refractivity contribution < 1.29 is 0 Å². The maximum Gasteiger partial charge on any atom is 0.0325 e. The van der Waals surface area contributed by atoms with Crippen LogP contribution in [-0.2, 0) is 0 Å². The second kappa shape index (κ2) is 5.92. The molecule has 0 fully saturated rings. The molecule has 0 heterocycles. The van der Waals surface area contributed by atoms with Crippen molar-refractivity contribution in [2.45, 2.75) is 40.2 Å². The van der Waals surface area contributed by atoms with Gasteiger partial charge in [0.1, 0.15) is 0 Å². The van der Waals surface area contributed by atoms with Crippen molar-refractivity contribution in [2.75, 3.05) is 6.54 Å². The third-order valence-electron chi connectivity index (χ3n) is 2.72. The van der Waals surface area contributed by atoms with Crippen LogP contribution in [0.3, 0.4) is 0 Å². The van der Waals surface area contributed by atoms with Gasteiger partial charge in [0.15, 0.2) is 0 Å². The third kappa shape index (κ3) is 3.67. The first-order valence-corrected chi connectivity index (χ1v) is 5.94. The molecule has 1 N–H and O–H groups in total. The lowest BCUT2D eigenvalue weighted by molar-refractivity contribution is 0.437. The standard InChI is InChI=1S/C14H23N/c1-5-15-14(10-11(2)3)13-9-7-6-8-12(13)4/h6-9,11,14-15H,5,10H2,1-4H3. The maximum absolute atomic E-state index is 3.57. The van der Waals surface area contributed by atoms with E-state index in [-0.39, 0.29) is 0 Å². The first kappa shape index (κ1) is 12.3. The van der Waals surface area contributed by atoms with Crippen LogP contribution in [0.1, 0.15) is 44.4 Å². The van der Waals surface area contributed by atoms with Crippen LogP contribution >= 0.6 is 0 Å². The predicted molar refractivity (Wildman–Crippen MR) is 67.1 cm³/mol. The highest BCUT2D eigenvalue weighted by Crippen LogP contribution is 2.23. The van der Waals surface area contributed by atoms with Crippen LogP contribution in [0.4, 0.5) is 0 Å². The van der Waals surface area contributed by atoms with E-state index in [0.29, 0.717) is 6.04 Å². The van der Waals surface area contributed by atoms with E-state index < -0.39 is 0 Å². The van der Waals surface area contributed by atoms with Gasteiger partial charge in [-0.05, 0) is 36.9 Å². The molecule has 0 aliphatic rings. The Morgan fingerprint density at radius 1 is 1.20 bits per heavy atom. The van der Waals surface area contributed by atoms with Gasteiger partial charge in [0.05, 0.1) is 0 Å². The Morgan fingerprint density at radius 3 is 2.40 bits per heavy atom. The molecule has 15 heavy (non-hydrogen) atoms. The molecule has 0 saturated carbocycles. The van der Waals surface area contributed by atoms with E-state index in [9.17, 15) is 0 Å². The predicted octanol–water partition coefficient (Wildman–Crippen LogP) is 3.69. The lowest BCUT2D eigenvalue weighted by atomic mass is 9.94. The summed E-state index contributed by atoms with van der Waals surface area (Å²) in [7, 11) is 0. The minimum absolute atomic E-state index is 0.510. The van der Waals surface area contributed by atoms with Crippen LogP contribution in [0.15, 0.2) is 24.3 Å². The Kier molecular flexibility index (Phi) is 4.83. The number of nitrogens with one attached hydrogen (secondary N) is 1. The molecule has 1 unspecified atom stereocenters. The Hall–Kier alpha value is -0.820. The summed E-state index contributed by atoms with van der Waals surface area (Å²) in [4.78, 5) is 0. The fourth-order valence-electron chi connectivity index (χ4n) is 2.02. The Labute approximate surface area is 93.9 Å². The summed E-state index contributed by atoms with van der Waals surface area (Å²) in [5.41, 5.74) is 2.84. The van der Waals surface area contributed by atoms with E-state index in [1.807, 2.05) is 0 Å². The van der Waals surface area contributed by atoms with Crippen molar-refractivity contribution in [3.8, 4) is 0 Å². The van der Waals surface area contributed by atoms with Gasteiger partial charge in [-0.3, -0.25) is 0 Å². The van der Waals surface area contributed by atoms with Crippen LogP contribution in [0.25, 0.3) is 0 Å². The van der Waals surface area contributed by atoms with Crippen LogP contribution < -0.4 is 5.32 Å². The summed E-state index contributed by atoms with van der Waals surface area (Å²) >= 11 is 0. The zero-order valence-electron chi connectivity index (χ0n) is 10.4. The van der Waals surface area contributed by atoms with Crippen LogP contribution in [0.5, 0.6) is 0 Å². The fraction of sp³-hybridized carbons (Fsp3) is 0.571. The van der Waals surface area contributed by atoms with Gasteiger partial charge in [-0.15, -0.1) is 0 Å². The van der Waals surface area contributed by atoms with Crippen molar-refractivity contribution in [1.82, 2.24) is 5.32 Å². The van der Waals surface area contributed by atoms with Gasteiger partial charge in [-0.1, -0.05) is 45.0 Å². The molecule has 0 aliphatic carbocycles. The topological polar surface area (TPSA) is 12.0 Å². The van der Waals surface area contributed by atoms with Gasteiger partial charge in [0, 0.05) is 6.04 Å². The van der Waals surface area contributed by atoms with Gasteiger partial charge >= 0.3 is 0 Å². The average molecular weight is 205 g/mol. The van der Waals surface area contributed by atoms with Gasteiger partial charge in [0.25, 0.3) is 0 Å². The third-order valence-corrected chi connectivity index (χ3v) is 2.72. The summed E-state index contributed by atoms with van der Waals surface area (Å²) in [6, 6.07) is 9.19. The Bertz CT molecular complexity index is 291. The molecule has 0 radical (unpaired) electrons. The van der Waals surface area contributed by atoms with Gasteiger partial charge < -0.3 is 5.32 Å². The molecule has 84 valence electrons. The SMILES string of the molecule is CCNC(CC(C)C)c1ccccc1C. The monoisotopic (exact) mass is 205 g/mol. The molecule has 1 atom stereocenters. The molecule has 0 spiro atoms. The summed E-state index contributed by atoms with van der Waals surface area (Å²) in [6.07, 6.45) is 1.21. The molecule has 0 bridgehead atoms. The maximum atomic E-state index is 3.57. The molecule has 1 aromatic carbocycles. The second-order valence-corrected chi connectivity index (χ2v) is 4.60. The van der Waals surface area contributed by atoms with Crippen molar-refractivity contribution in [3.63, 3.8) is 0 Å². The summed E-state index contributed by atoms with van der Waals surface area (Å²) in [5.74, 6) is 0.730. The lowest BCUT2D eigenvalue weighted by Gasteiger charge is -2.22. The van der Waals surface area contributed by atoms with E-state index in [2.05, 4.69) is 57.3 Å². The first-order valence-electron chi connectivity index (χ1n) is 5.94. The average Bonchev–Trinajstić information content (AvgIpc) is 2.17. The zero-order valence-corrected chi connectivity index (χ0v) is 10.4. The molecular weight excluding hydrogens is 182 g/mol. The minimum atomic E-state index is 0.510. The molecule has 1 rings (SSSR count). The molecule has 1 aromatic rings. The molecule has 0 aliphatic heterocycles. The van der Waals surface area contributed by atoms with Crippen LogP contribution in [-0.4, -0.2) is 6.54 Å². The van der Waals surface area contributed by atoms with Crippen LogP contribution in [0.2, 0.25) is 0 Å². The highest BCUT2D eigenvalue weighted by molar-refractivity contribution is 5.28. The first-order chi connectivity index (χ1) is 7.15. The van der Waals surface area contributed by atoms with E-state index in [1.54, 1.807) is 0 Å². The summed E-state index contributed by atoms with van der Waals surface area (Å²) in [5, 5.41) is 3.57. The fourth-order valence-corrected chi connectivity index (χ4v) is 2.02. The van der Waals surface area contributed by atoms with Gasteiger partial charge in [-0.2, -0.15) is 0 Å². The molecule has 1 heteroatoms. The van der Waals surface area contributed by atoms with Crippen molar-refractivity contribution in [2.24, 2.45) is 5.92 Å². The second-order valence-electron chi connectivity index (χ2n) is 4.60. The number of rotatable bonds is 5. The van der Waals surface area contributed by atoms with Gasteiger partial charge in [-0.25, -0.2) is 0 Å². The highest BCUT2D eigenvalue weighted by Gasteiger charge is 2.13. The lowest BCUT2D eigenvalue weighted by Crippen LogP contribution is -2.23. The number of hydrogen-bond donors (Lipinski definition) is 1. The van der Waals surface area contributed by atoms with E-state index in [0.717, 1.165) is 12.5 Å². The number of aryl methyl sites for hydroxylation is 1.